The maximum absolute atomic E-state index is 11.3. The number of hydrogen-bond donors (Lipinski definition) is 2. The van der Waals surface area contributed by atoms with E-state index in [4.69, 9.17) is 0 Å². The van der Waals surface area contributed by atoms with Crippen molar-refractivity contribution >= 4 is 28.7 Å². The van der Waals surface area contributed by atoms with E-state index in [0.717, 1.165) is 11.3 Å². The number of rotatable bonds is 7. The van der Waals surface area contributed by atoms with Gasteiger partial charge in [0.15, 0.2) is 0 Å². The Labute approximate surface area is 126 Å². The van der Waals surface area contributed by atoms with Crippen molar-refractivity contribution in [2.75, 3.05) is 17.2 Å². The zero-order chi connectivity index (χ0) is 15.2. The molecule has 21 heavy (non-hydrogen) atoms. The van der Waals surface area contributed by atoms with Crippen LogP contribution in [0.25, 0.3) is 0 Å². The van der Waals surface area contributed by atoms with Crippen LogP contribution in [0.4, 0.5) is 17.3 Å². The van der Waals surface area contributed by atoms with Crippen LogP contribution in [0, 0.1) is 17.0 Å². The summed E-state index contributed by atoms with van der Waals surface area (Å²) in [4.78, 5) is 21.1. The number of aromatic nitrogens is 2. The van der Waals surface area contributed by atoms with Crippen molar-refractivity contribution in [2.45, 2.75) is 26.8 Å². The van der Waals surface area contributed by atoms with Crippen LogP contribution >= 0.6 is 11.3 Å². The number of hydrogen-bond acceptors (Lipinski definition) is 7. The van der Waals surface area contributed by atoms with E-state index in [2.05, 4.69) is 20.6 Å². The third-order valence-corrected chi connectivity index (χ3v) is 3.77. The van der Waals surface area contributed by atoms with Gasteiger partial charge in [0.1, 0.15) is 6.33 Å². The maximum atomic E-state index is 11.3. The fourth-order valence-corrected chi connectivity index (χ4v) is 2.63. The lowest BCUT2D eigenvalue weighted by molar-refractivity contribution is -0.383. The normalized spacial score (nSPS) is 10.4. The molecule has 7 nitrogen and oxygen atoms in total. The van der Waals surface area contributed by atoms with E-state index in [9.17, 15) is 10.1 Å². The standard InChI is InChI=1S/C13H17N5O2S/c1-3-6-14-12-11(18(19)20)13(17-8-16-12)15-7-10-5-4-9(2)21-10/h4-5,8H,3,6-7H2,1-2H3,(H2,14,15,16,17). The highest BCUT2D eigenvalue weighted by atomic mass is 32.1. The molecule has 2 N–H and O–H groups in total. The van der Waals surface area contributed by atoms with Crippen LogP contribution in [0.3, 0.4) is 0 Å². The summed E-state index contributed by atoms with van der Waals surface area (Å²) in [5, 5.41) is 17.2. The third kappa shape index (κ3) is 3.88. The highest BCUT2D eigenvalue weighted by Gasteiger charge is 2.22. The minimum Gasteiger partial charge on any atom is -0.364 e. The molecule has 2 rings (SSSR count). The quantitative estimate of drug-likeness (QED) is 0.603. The van der Waals surface area contributed by atoms with Gasteiger partial charge >= 0.3 is 5.69 Å². The molecule has 0 spiro atoms. The summed E-state index contributed by atoms with van der Waals surface area (Å²) in [6, 6.07) is 4.01. The molecule has 0 saturated heterocycles. The SMILES string of the molecule is CCCNc1ncnc(NCc2ccc(C)s2)c1[N+](=O)[O-]. The first kappa shape index (κ1) is 15.2. The van der Waals surface area contributed by atoms with E-state index in [1.807, 2.05) is 26.0 Å². The predicted molar refractivity (Wildman–Crippen MR) is 83.8 cm³/mol. The Morgan fingerprint density at radius 1 is 1.29 bits per heavy atom. The number of nitrogens with one attached hydrogen (secondary N) is 2. The second-order valence-electron chi connectivity index (χ2n) is 4.47. The van der Waals surface area contributed by atoms with Gasteiger partial charge in [-0.05, 0) is 25.5 Å². The van der Waals surface area contributed by atoms with Gasteiger partial charge in [-0.2, -0.15) is 0 Å². The van der Waals surface area contributed by atoms with Gasteiger partial charge in [0, 0.05) is 16.3 Å². The topological polar surface area (TPSA) is 93.0 Å². The van der Waals surface area contributed by atoms with Crippen LogP contribution in [0.15, 0.2) is 18.5 Å². The molecule has 2 heterocycles. The van der Waals surface area contributed by atoms with Crippen molar-refractivity contribution in [2.24, 2.45) is 0 Å². The van der Waals surface area contributed by atoms with Crippen molar-refractivity contribution in [1.82, 2.24) is 9.97 Å². The van der Waals surface area contributed by atoms with Gasteiger partial charge < -0.3 is 10.6 Å². The van der Waals surface area contributed by atoms with E-state index in [1.54, 1.807) is 11.3 Å². The summed E-state index contributed by atoms with van der Waals surface area (Å²) in [7, 11) is 0. The van der Waals surface area contributed by atoms with E-state index < -0.39 is 4.92 Å². The largest absolute Gasteiger partial charge is 0.364 e. The van der Waals surface area contributed by atoms with Crippen LogP contribution in [0.2, 0.25) is 0 Å². The molecule has 0 saturated carbocycles. The molecule has 0 radical (unpaired) electrons. The molecule has 0 fully saturated rings. The van der Waals surface area contributed by atoms with Gasteiger partial charge in [0.05, 0.1) is 11.5 Å². The highest BCUT2D eigenvalue weighted by Crippen LogP contribution is 2.29. The Bertz CT molecular complexity index is 629. The molecular formula is C13H17N5O2S. The van der Waals surface area contributed by atoms with Gasteiger partial charge in [-0.25, -0.2) is 9.97 Å². The van der Waals surface area contributed by atoms with Crippen molar-refractivity contribution in [1.29, 1.82) is 0 Å². The average molecular weight is 307 g/mol. The molecule has 0 aliphatic carbocycles. The Balaban J connectivity index is 2.19. The van der Waals surface area contributed by atoms with Crippen LogP contribution in [-0.2, 0) is 6.54 Å². The van der Waals surface area contributed by atoms with Gasteiger partial charge in [0.25, 0.3) is 0 Å². The van der Waals surface area contributed by atoms with Crippen LogP contribution in [0.5, 0.6) is 0 Å². The first-order valence-electron chi connectivity index (χ1n) is 6.64. The van der Waals surface area contributed by atoms with Crippen molar-refractivity contribution in [3.05, 3.63) is 38.3 Å². The van der Waals surface area contributed by atoms with Crippen molar-refractivity contribution in [3.8, 4) is 0 Å². The predicted octanol–water partition coefficient (Wildman–Crippen LogP) is 3.19. The van der Waals surface area contributed by atoms with E-state index in [-0.39, 0.29) is 17.3 Å². The van der Waals surface area contributed by atoms with Gasteiger partial charge in [-0.15, -0.1) is 11.3 Å². The first-order valence-corrected chi connectivity index (χ1v) is 7.46. The first-order chi connectivity index (χ1) is 10.1. The summed E-state index contributed by atoms with van der Waals surface area (Å²) in [5.41, 5.74) is -0.112. The fourth-order valence-electron chi connectivity index (χ4n) is 1.80. The molecular weight excluding hydrogens is 290 g/mol. The van der Waals surface area contributed by atoms with E-state index in [1.165, 1.54) is 11.2 Å². The number of anilines is 2. The van der Waals surface area contributed by atoms with Gasteiger partial charge in [-0.1, -0.05) is 6.92 Å². The number of thiophene rings is 1. The van der Waals surface area contributed by atoms with Crippen LogP contribution < -0.4 is 10.6 Å². The Morgan fingerprint density at radius 3 is 2.57 bits per heavy atom. The lowest BCUT2D eigenvalue weighted by atomic mass is 10.3. The molecule has 112 valence electrons. The highest BCUT2D eigenvalue weighted by molar-refractivity contribution is 7.11. The summed E-state index contributed by atoms with van der Waals surface area (Å²) < 4.78 is 0. The third-order valence-electron chi connectivity index (χ3n) is 2.77. The second kappa shape index (κ2) is 6.98. The monoisotopic (exact) mass is 307 g/mol. The molecule has 0 unspecified atom stereocenters. The summed E-state index contributed by atoms with van der Waals surface area (Å²) in [6.07, 6.45) is 2.19. The van der Waals surface area contributed by atoms with Gasteiger partial charge in [0.2, 0.25) is 11.6 Å². The minimum absolute atomic E-state index is 0.112. The van der Waals surface area contributed by atoms with E-state index >= 15 is 0 Å². The molecule has 2 aromatic rings. The molecule has 0 aromatic carbocycles. The number of aryl methyl sites for hydroxylation is 1. The zero-order valence-corrected chi connectivity index (χ0v) is 12.7. The number of nitrogens with zero attached hydrogens (tertiary/aromatic N) is 3. The Kier molecular flexibility index (Phi) is 5.04. The Hall–Kier alpha value is -2.22. The van der Waals surface area contributed by atoms with Crippen molar-refractivity contribution in [3.63, 3.8) is 0 Å². The maximum Gasteiger partial charge on any atom is 0.353 e. The molecule has 2 aromatic heterocycles. The molecule has 0 bridgehead atoms. The molecule has 0 amide bonds. The summed E-state index contributed by atoms with van der Waals surface area (Å²) >= 11 is 1.65. The average Bonchev–Trinajstić information content (AvgIpc) is 2.88. The lowest BCUT2D eigenvalue weighted by Crippen LogP contribution is -2.10. The second-order valence-corrected chi connectivity index (χ2v) is 5.84. The number of nitro groups is 1. The molecule has 0 aliphatic rings. The Morgan fingerprint density at radius 2 is 2.00 bits per heavy atom. The smallest absolute Gasteiger partial charge is 0.353 e. The van der Waals surface area contributed by atoms with Crippen LogP contribution in [-0.4, -0.2) is 21.4 Å². The molecule has 0 aliphatic heterocycles. The fraction of sp³-hybridized carbons (Fsp3) is 0.385. The molecule has 0 atom stereocenters. The summed E-state index contributed by atoms with van der Waals surface area (Å²) in [6.45, 7) is 5.14. The van der Waals surface area contributed by atoms with Crippen molar-refractivity contribution < 1.29 is 4.92 Å². The summed E-state index contributed by atoms with van der Waals surface area (Å²) in [5.74, 6) is 0.487. The lowest BCUT2D eigenvalue weighted by Gasteiger charge is -2.08. The van der Waals surface area contributed by atoms with Gasteiger partial charge in [-0.3, -0.25) is 10.1 Å². The minimum atomic E-state index is -0.458. The molecule has 8 heteroatoms. The van der Waals surface area contributed by atoms with E-state index in [0.29, 0.717) is 13.1 Å². The van der Waals surface area contributed by atoms with Crippen LogP contribution in [0.1, 0.15) is 23.1 Å². The zero-order valence-electron chi connectivity index (χ0n) is 11.9.